The Balaban J connectivity index is 1.40. The molecule has 0 aromatic carbocycles. The van der Waals surface area contributed by atoms with Crippen molar-refractivity contribution in [1.82, 2.24) is 29.6 Å². The molecule has 11 heteroatoms. The van der Waals surface area contributed by atoms with E-state index in [1.54, 1.807) is 24.5 Å². The molecule has 0 spiro atoms. The fourth-order valence-corrected chi connectivity index (χ4v) is 4.64. The molecule has 0 aliphatic carbocycles. The van der Waals surface area contributed by atoms with E-state index in [1.807, 2.05) is 12.1 Å². The molecule has 1 saturated heterocycles. The topological polar surface area (TPSA) is 83.9 Å². The highest BCUT2D eigenvalue weighted by atomic mass is 32.2. The van der Waals surface area contributed by atoms with Gasteiger partial charge in [-0.05, 0) is 61.5 Å². The summed E-state index contributed by atoms with van der Waals surface area (Å²) < 4.78 is 40.1. The van der Waals surface area contributed by atoms with Crippen molar-refractivity contribution < 1.29 is 18.0 Å². The highest BCUT2D eigenvalue weighted by Crippen LogP contribution is 2.35. The number of nitrogens with one attached hydrogen (secondary N) is 1. The number of carbonyl (C=O) groups excluding carboxylic acids is 1. The zero-order valence-electron chi connectivity index (χ0n) is 17.7. The number of amides is 1. The molecule has 33 heavy (non-hydrogen) atoms. The van der Waals surface area contributed by atoms with E-state index in [1.165, 1.54) is 18.1 Å². The number of alkyl halides is 3. The largest absolute Gasteiger partial charge is 0.451 e. The van der Waals surface area contributed by atoms with E-state index >= 15 is 0 Å². The third-order valence-corrected chi connectivity index (χ3v) is 6.52. The highest BCUT2D eigenvalue weighted by Gasteiger charge is 2.36. The number of pyridine rings is 2. The average Bonchev–Trinajstić information content (AvgIpc) is 3.18. The number of halogens is 3. The van der Waals surface area contributed by atoms with Gasteiger partial charge in [-0.25, -0.2) is 14.3 Å². The molecule has 0 saturated carbocycles. The lowest BCUT2D eigenvalue weighted by Gasteiger charge is -2.26. The summed E-state index contributed by atoms with van der Waals surface area (Å²) in [6.07, 6.45) is 4.27. The molecular weight excluding hydrogens is 453 g/mol. The Morgan fingerprint density at radius 2 is 1.94 bits per heavy atom. The van der Waals surface area contributed by atoms with Crippen LogP contribution in [0.4, 0.5) is 13.2 Å². The Labute approximate surface area is 193 Å². The van der Waals surface area contributed by atoms with Gasteiger partial charge in [0.25, 0.3) is 0 Å². The van der Waals surface area contributed by atoms with Crippen molar-refractivity contribution in [3.63, 3.8) is 0 Å². The molecule has 4 heterocycles. The van der Waals surface area contributed by atoms with Gasteiger partial charge in [0.15, 0.2) is 0 Å². The van der Waals surface area contributed by atoms with E-state index in [0.29, 0.717) is 11.3 Å². The Morgan fingerprint density at radius 1 is 1.15 bits per heavy atom. The van der Waals surface area contributed by atoms with Gasteiger partial charge in [0.2, 0.25) is 11.7 Å². The molecule has 0 radical (unpaired) electrons. The van der Waals surface area contributed by atoms with Crippen LogP contribution in [0.25, 0.3) is 11.3 Å². The number of nitrogens with zero attached hydrogens (tertiary/aromatic N) is 5. The predicted octanol–water partition coefficient (Wildman–Crippen LogP) is 4.13. The summed E-state index contributed by atoms with van der Waals surface area (Å²) in [5.41, 5.74) is 1.56. The second-order valence-corrected chi connectivity index (χ2v) is 8.72. The van der Waals surface area contributed by atoms with Gasteiger partial charge in [0, 0.05) is 54.0 Å². The molecule has 0 unspecified atom stereocenters. The molecule has 1 fully saturated rings. The molecule has 3 aromatic heterocycles. The van der Waals surface area contributed by atoms with Crippen molar-refractivity contribution >= 4 is 17.9 Å². The predicted molar refractivity (Wildman–Crippen MR) is 117 cm³/mol. The maximum atomic E-state index is 12.9. The van der Waals surface area contributed by atoms with Crippen molar-refractivity contribution in [2.24, 2.45) is 0 Å². The van der Waals surface area contributed by atoms with Crippen LogP contribution >= 0.6 is 11.9 Å². The second kappa shape index (κ2) is 9.84. The van der Waals surface area contributed by atoms with E-state index in [4.69, 9.17) is 0 Å². The molecule has 2 atom stereocenters. The van der Waals surface area contributed by atoms with E-state index in [-0.39, 0.29) is 24.5 Å². The Kier molecular flexibility index (Phi) is 6.89. The van der Waals surface area contributed by atoms with Crippen LogP contribution in [0.1, 0.15) is 31.2 Å². The zero-order valence-corrected chi connectivity index (χ0v) is 18.5. The Hall–Kier alpha value is -3.05. The van der Waals surface area contributed by atoms with E-state index in [0.717, 1.165) is 35.7 Å². The quantitative estimate of drug-likeness (QED) is 0.538. The standard InChI is InChI=1S/C22H21F3N6OS/c1-14-4-5-19(31(14)33-17-3-2-7-26-13-17)20(32)28-10-15-6-8-27-18(9-15)16-11-29-21(30-12-16)22(23,24)25/h2-3,6-9,11-14,19H,4-5,10H2,1H3,(H,28,32)/t14-,19-/m0/s1. The summed E-state index contributed by atoms with van der Waals surface area (Å²) in [6, 6.07) is 7.25. The van der Waals surface area contributed by atoms with E-state index < -0.39 is 12.0 Å². The maximum absolute atomic E-state index is 12.9. The summed E-state index contributed by atoms with van der Waals surface area (Å²) in [5.74, 6) is -1.28. The first-order valence-corrected chi connectivity index (χ1v) is 11.1. The highest BCUT2D eigenvalue weighted by molar-refractivity contribution is 7.97. The van der Waals surface area contributed by atoms with E-state index in [2.05, 4.69) is 36.5 Å². The normalized spacial score (nSPS) is 18.9. The van der Waals surface area contributed by atoms with Crippen LogP contribution in [-0.4, -0.2) is 42.2 Å². The zero-order chi connectivity index (χ0) is 23.4. The van der Waals surface area contributed by atoms with Gasteiger partial charge >= 0.3 is 6.18 Å². The molecular formula is C22H21F3N6OS. The molecule has 0 bridgehead atoms. The van der Waals surface area contributed by atoms with Crippen molar-refractivity contribution in [3.8, 4) is 11.3 Å². The van der Waals surface area contributed by atoms with Gasteiger partial charge in [-0.15, -0.1) is 0 Å². The number of rotatable bonds is 6. The first-order valence-electron chi connectivity index (χ1n) is 10.3. The molecule has 3 aromatic rings. The van der Waals surface area contributed by atoms with Gasteiger partial charge in [-0.1, -0.05) is 0 Å². The van der Waals surface area contributed by atoms with Crippen LogP contribution in [0.5, 0.6) is 0 Å². The van der Waals surface area contributed by atoms with Gasteiger partial charge < -0.3 is 5.32 Å². The Bertz CT molecular complexity index is 1100. The molecule has 1 amide bonds. The molecule has 1 N–H and O–H groups in total. The minimum Gasteiger partial charge on any atom is -0.351 e. The third-order valence-electron chi connectivity index (χ3n) is 5.24. The average molecular weight is 475 g/mol. The monoisotopic (exact) mass is 474 g/mol. The third kappa shape index (κ3) is 5.66. The van der Waals surface area contributed by atoms with Crippen molar-refractivity contribution in [3.05, 3.63) is 66.6 Å². The Morgan fingerprint density at radius 3 is 2.64 bits per heavy atom. The fourth-order valence-electron chi connectivity index (χ4n) is 3.54. The van der Waals surface area contributed by atoms with Gasteiger partial charge in [0.05, 0.1) is 11.7 Å². The van der Waals surface area contributed by atoms with Gasteiger partial charge in [-0.2, -0.15) is 13.2 Å². The minimum absolute atomic E-state index is 0.0769. The number of hydrogen-bond acceptors (Lipinski definition) is 7. The van der Waals surface area contributed by atoms with E-state index in [9.17, 15) is 18.0 Å². The first kappa shape index (κ1) is 23.1. The van der Waals surface area contributed by atoms with Crippen LogP contribution in [0, 0.1) is 0 Å². The van der Waals surface area contributed by atoms with Gasteiger partial charge in [0.1, 0.15) is 0 Å². The number of hydrogen-bond donors (Lipinski definition) is 1. The second-order valence-electron chi connectivity index (χ2n) is 7.64. The molecule has 7 nitrogen and oxygen atoms in total. The summed E-state index contributed by atoms with van der Waals surface area (Å²) >= 11 is 1.53. The summed E-state index contributed by atoms with van der Waals surface area (Å²) in [6.45, 7) is 2.37. The molecule has 1 aliphatic heterocycles. The van der Waals surface area contributed by atoms with Crippen LogP contribution in [0.2, 0.25) is 0 Å². The molecule has 4 rings (SSSR count). The summed E-state index contributed by atoms with van der Waals surface area (Å²) in [5, 5.41) is 2.97. The smallest absolute Gasteiger partial charge is 0.351 e. The van der Waals surface area contributed by atoms with Crippen molar-refractivity contribution in [2.45, 2.75) is 49.5 Å². The van der Waals surface area contributed by atoms with Crippen molar-refractivity contribution in [1.29, 1.82) is 0 Å². The lowest BCUT2D eigenvalue weighted by molar-refractivity contribution is -0.145. The molecule has 172 valence electrons. The van der Waals surface area contributed by atoms with Crippen LogP contribution in [0.3, 0.4) is 0 Å². The summed E-state index contributed by atoms with van der Waals surface area (Å²) in [7, 11) is 0. The fraction of sp³-hybridized carbons (Fsp3) is 0.318. The lowest BCUT2D eigenvalue weighted by Crippen LogP contribution is -2.41. The lowest BCUT2D eigenvalue weighted by atomic mass is 10.1. The SMILES string of the molecule is C[C@H]1CC[C@@H](C(=O)NCc2ccnc(-c3cnc(C(F)(F)F)nc3)c2)N1Sc1cccnc1. The van der Waals surface area contributed by atoms with Gasteiger partial charge in [-0.3, -0.25) is 14.8 Å². The van der Waals surface area contributed by atoms with Crippen molar-refractivity contribution in [2.75, 3.05) is 0 Å². The van der Waals surface area contributed by atoms with Crippen LogP contribution in [0.15, 0.2) is 60.1 Å². The number of carbonyl (C=O) groups is 1. The minimum atomic E-state index is -4.60. The molecule has 1 aliphatic rings. The summed E-state index contributed by atoms with van der Waals surface area (Å²) in [4.78, 5) is 29.0. The van der Waals surface area contributed by atoms with Crippen LogP contribution < -0.4 is 5.32 Å². The van der Waals surface area contributed by atoms with Crippen LogP contribution in [-0.2, 0) is 17.5 Å². The number of aromatic nitrogens is 4. The maximum Gasteiger partial charge on any atom is 0.451 e. The first-order chi connectivity index (χ1) is 15.8.